The molecule has 4 aromatic rings. The topological polar surface area (TPSA) is 72.0 Å². The average molecular weight is 599 g/mol. The highest BCUT2D eigenvalue weighted by molar-refractivity contribution is 14.1. The summed E-state index contributed by atoms with van der Waals surface area (Å²) in [5.74, 6) is -0.380. The van der Waals surface area contributed by atoms with Crippen LogP contribution in [-0.4, -0.2) is 41.1 Å². The first-order valence-electron chi connectivity index (χ1n) is 11.0. The molecule has 0 fully saturated rings. The minimum Gasteiger partial charge on any atom is -0.496 e. The van der Waals surface area contributed by atoms with Crippen molar-refractivity contribution in [1.29, 1.82) is 0 Å². The van der Waals surface area contributed by atoms with Gasteiger partial charge in [-0.1, -0.05) is 30.3 Å². The molecular weight excluding hydrogens is 576 g/mol. The molecule has 4 rings (SSSR count). The number of hydrogen-bond acceptors (Lipinski definition) is 5. The molecule has 0 unspecified atom stereocenters. The smallest absolute Gasteiger partial charge is 0.266 e. The molecule has 0 radical (unpaired) electrons. The molecule has 0 aliphatic carbocycles. The Hall–Kier alpha value is -3.73. The quantitative estimate of drug-likeness (QED) is 0.198. The third-order valence-electron chi connectivity index (χ3n) is 5.63. The number of pyridine rings is 1. The lowest BCUT2D eigenvalue weighted by Gasteiger charge is -2.19. The van der Waals surface area contributed by atoms with Crippen LogP contribution in [0.25, 0.3) is 10.9 Å². The summed E-state index contributed by atoms with van der Waals surface area (Å²) in [4.78, 5) is 31.0. The van der Waals surface area contributed by atoms with Gasteiger partial charge in [-0.2, -0.15) is 0 Å². The summed E-state index contributed by atoms with van der Waals surface area (Å²) in [5.41, 5.74) is 2.14. The molecule has 9 heteroatoms. The van der Waals surface area contributed by atoms with Crippen LogP contribution in [-0.2, 0) is 11.2 Å². The van der Waals surface area contributed by atoms with Crippen LogP contribution < -0.4 is 14.4 Å². The molecule has 0 saturated heterocycles. The Bertz CT molecular complexity index is 1430. The van der Waals surface area contributed by atoms with E-state index < -0.39 is 5.82 Å². The molecule has 0 N–H and O–H groups in total. The lowest BCUT2D eigenvalue weighted by atomic mass is 10.1. The fourth-order valence-corrected chi connectivity index (χ4v) is 3.93. The number of fused-ring (bicyclic) bond motifs is 1. The Balaban J connectivity index is 1.61. The summed E-state index contributed by atoms with van der Waals surface area (Å²) >= 11 is 1.88. The monoisotopic (exact) mass is 599 g/mol. The van der Waals surface area contributed by atoms with Crippen LogP contribution >= 0.6 is 22.9 Å². The van der Waals surface area contributed by atoms with Crippen LogP contribution in [0.1, 0.15) is 15.9 Å². The maximum Gasteiger partial charge on any atom is 0.266 e. The van der Waals surface area contributed by atoms with E-state index >= 15 is 4.39 Å². The summed E-state index contributed by atoms with van der Waals surface area (Å²) in [7, 11) is 4.71. The van der Waals surface area contributed by atoms with E-state index in [4.69, 9.17) is 9.47 Å². The van der Waals surface area contributed by atoms with E-state index in [0.717, 1.165) is 5.56 Å². The van der Waals surface area contributed by atoms with E-state index in [1.165, 1.54) is 33.5 Å². The van der Waals surface area contributed by atoms with E-state index in [1.54, 1.807) is 38.4 Å². The molecule has 0 spiro atoms. The predicted molar refractivity (Wildman–Crippen MR) is 144 cm³/mol. The molecule has 0 aliphatic rings. The molecule has 0 atom stereocenters. The number of methoxy groups -OCH3 is 1. The largest absolute Gasteiger partial charge is 0.496 e. The van der Waals surface area contributed by atoms with Gasteiger partial charge >= 0.3 is 0 Å². The Morgan fingerprint density at radius 1 is 0.972 bits per heavy atom. The number of aromatic nitrogens is 1. The first-order valence-corrected chi connectivity index (χ1v) is 11.9. The van der Waals surface area contributed by atoms with Crippen molar-refractivity contribution < 1.29 is 23.5 Å². The molecule has 7 nitrogen and oxygen atoms in total. The Kier molecular flexibility index (Phi) is 7.68. The number of hydrogen-bond donors (Lipinski definition) is 0. The number of carbonyl (C=O) groups excluding carboxylic acids is 2. The number of amides is 2. The predicted octanol–water partition coefficient (Wildman–Crippen LogP) is 5.80. The van der Waals surface area contributed by atoms with Crippen LogP contribution in [0.2, 0.25) is 0 Å². The normalized spacial score (nSPS) is 10.7. The SMILES string of the molecule is COc1cc2nccc(Oc3ccc(N(C)C(=O)Cc4ccccc4)cc3F)c2cc1C(=O)N(C)I. The van der Waals surface area contributed by atoms with Crippen LogP contribution in [0.3, 0.4) is 0 Å². The van der Waals surface area contributed by atoms with Gasteiger partial charge in [0, 0.05) is 43.5 Å². The molecule has 184 valence electrons. The maximum atomic E-state index is 15.1. The number of likely N-dealkylation sites (N-methyl/N-ethyl adjacent to an activating group) is 1. The van der Waals surface area contributed by atoms with Crippen molar-refractivity contribution in [1.82, 2.24) is 8.10 Å². The molecule has 0 aliphatic heterocycles. The zero-order valence-corrected chi connectivity index (χ0v) is 22.0. The van der Waals surface area contributed by atoms with Crippen molar-refractivity contribution in [3.63, 3.8) is 0 Å². The van der Waals surface area contributed by atoms with E-state index in [2.05, 4.69) is 4.98 Å². The Labute approximate surface area is 221 Å². The standard InChI is InChI=1S/C27H23FIN3O4/c1-31(26(33)13-17-7-5-4-6-8-17)18-9-10-24(21(28)14-18)36-23-11-12-30-22-16-25(35-3)20(15-19(22)23)27(34)32(2)29/h4-12,14-16H,13H2,1-3H3. The molecule has 1 heterocycles. The molecule has 2 amide bonds. The van der Waals surface area contributed by atoms with Crippen molar-refractivity contribution in [3.05, 3.63) is 89.9 Å². The summed E-state index contributed by atoms with van der Waals surface area (Å²) in [6.07, 6.45) is 1.74. The van der Waals surface area contributed by atoms with Gasteiger partial charge in [0.2, 0.25) is 5.91 Å². The van der Waals surface area contributed by atoms with Crippen molar-refractivity contribution in [2.24, 2.45) is 0 Å². The molecular formula is C27H23FIN3O4. The van der Waals surface area contributed by atoms with Gasteiger partial charge in [-0.3, -0.25) is 17.7 Å². The highest BCUT2D eigenvalue weighted by Gasteiger charge is 2.20. The fraction of sp³-hybridized carbons (Fsp3) is 0.148. The van der Waals surface area contributed by atoms with Crippen molar-refractivity contribution in [2.45, 2.75) is 6.42 Å². The summed E-state index contributed by atoms with van der Waals surface area (Å²) in [6, 6.07) is 18.6. The Morgan fingerprint density at radius 2 is 1.72 bits per heavy atom. The fourth-order valence-electron chi connectivity index (χ4n) is 3.67. The van der Waals surface area contributed by atoms with E-state index in [1.807, 2.05) is 53.2 Å². The summed E-state index contributed by atoms with van der Waals surface area (Å²) < 4.78 is 27.7. The second-order valence-corrected chi connectivity index (χ2v) is 9.44. The maximum absolute atomic E-state index is 15.1. The number of halogens is 2. The lowest BCUT2D eigenvalue weighted by Crippen LogP contribution is -2.27. The van der Waals surface area contributed by atoms with E-state index in [9.17, 15) is 9.59 Å². The zero-order chi connectivity index (χ0) is 25.8. The first-order chi connectivity index (χ1) is 17.3. The zero-order valence-electron chi connectivity index (χ0n) is 19.9. The van der Waals surface area contributed by atoms with E-state index in [-0.39, 0.29) is 24.0 Å². The van der Waals surface area contributed by atoms with Crippen LogP contribution in [0.15, 0.2) is 72.9 Å². The highest BCUT2D eigenvalue weighted by atomic mass is 127. The number of benzene rings is 3. The third kappa shape index (κ3) is 5.40. The van der Waals surface area contributed by atoms with Gasteiger partial charge in [0.1, 0.15) is 11.5 Å². The van der Waals surface area contributed by atoms with Gasteiger partial charge in [0.25, 0.3) is 5.91 Å². The van der Waals surface area contributed by atoms with Gasteiger partial charge in [0.05, 0.1) is 47.5 Å². The van der Waals surface area contributed by atoms with Crippen LogP contribution in [0, 0.1) is 5.82 Å². The second kappa shape index (κ2) is 10.9. The van der Waals surface area contributed by atoms with Crippen molar-refractivity contribution in [3.8, 4) is 17.2 Å². The summed E-state index contributed by atoms with van der Waals surface area (Å²) in [5, 5.41) is 0.526. The van der Waals surface area contributed by atoms with Crippen molar-refractivity contribution in [2.75, 3.05) is 26.1 Å². The van der Waals surface area contributed by atoms with Gasteiger partial charge in [-0.05, 0) is 29.8 Å². The number of anilines is 1. The molecule has 0 saturated carbocycles. The highest BCUT2D eigenvalue weighted by Crippen LogP contribution is 2.35. The minimum absolute atomic E-state index is 0.0233. The molecule has 36 heavy (non-hydrogen) atoms. The molecule has 3 aromatic carbocycles. The second-order valence-electron chi connectivity index (χ2n) is 7.99. The van der Waals surface area contributed by atoms with Crippen LogP contribution in [0.4, 0.5) is 10.1 Å². The minimum atomic E-state index is -0.631. The van der Waals surface area contributed by atoms with Crippen molar-refractivity contribution >= 4 is 51.3 Å². The third-order valence-corrected chi connectivity index (χ3v) is 6.07. The lowest BCUT2D eigenvalue weighted by molar-refractivity contribution is -0.117. The number of nitrogens with zero attached hydrogens (tertiary/aromatic N) is 3. The van der Waals surface area contributed by atoms with Gasteiger partial charge in [-0.25, -0.2) is 4.39 Å². The average Bonchev–Trinajstić information content (AvgIpc) is 2.88. The number of carbonyl (C=O) groups is 2. The van der Waals surface area contributed by atoms with Crippen LogP contribution in [0.5, 0.6) is 17.2 Å². The van der Waals surface area contributed by atoms with Gasteiger partial charge in [-0.15, -0.1) is 0 Å². The first kappa shape index (κ1) is 25.4. The number of rotatable bonds is 7. The summed E-state index contributed by atoms with van der Waals surface area (Å²) in [6.45, 7) is 0. The van der Waals surface area contributed by atoms with Gasteiger partial charge < -0.3 is 14.4 Å². The van der Waals surface area contributed by atoms with E-state index in [0.29, 0.717) is 33.7 Å². The van der Waals surface area contributed by atoms with Gasteiger partial charge in [0.15, 0.2) is 11.6 Å². The Morgan fingerprint density at radius 3 is 2.39 bits per heavy atom. The molecule has 0 bridgehead atoms. The number of ether oxygens (including phenoxy) is 2. The molecule has 1 aromatic heterocycles.